The minimum Gasteiger partial charge on any atom is -0.321 e. The highest BCUT2D eigenvalue weighted by Crippen LogP contribution is 2.32. The number of aryl methyl sites for hydroxylation is 1. The molecule has 0 aliphatic heterocycles. The maximum atomic E-state index is 15.5. The quantitative estimate of drug-likeness (QED) is 0.457. The van der Waals surface area contributed by atoms with Crippen molar-refractivity contribution in [2.24, 2.45) is 0 Å². The van der Waals surface area contributed by atoms with Crippen LogP contribution in [-0.2, 0) is 0 Å². The van der Waals surface area contributed by atoms with Crippen LogP contribution in [0.1, 0.15) is 5.69 Å². The van der Waals surface area contributed by atoms with Crippen molar-refractivity contribution >= 4 is 22.1 Å². The molecule has 0 amide bonds. The standard InChI is InChI=1S/C20H13FN10/c1-10-7-31(9-26-10)13-2-3-24-19-17(13)27-20(28-19)18-14-12(29-30-18)6-25-16(15(14)21)11-4-22-8-23-5-11/h2-9H,1H3,(H,29,30)(H,24,27,28). The highest BCUT2D eigenvalue weighted by Gasteiger charge is 2.21. The fraction of sp³-hybridized carbons (Fsp3) is 0.0500. The zero-order chi connectivity index (χ0) is 20.9. The van der Waals surface area contributed by atoms with E-state index in [1.54, 1.807) is 12.5 Å². The van der Waals surface area contributed by atoms with E-state index in [9.17, 15) is 0 Å². The Morgan fingerprint density at radius 2 is 1.90 bits per heavy atom. The predicted octanol–water partition coefficient (Wildman–Crippen LogP) is 2.99. The first-order chi connectivity index (χ1) is 15.2. The molecule has 0 radical (unpaired) electrons. The molecule has 6 heterocycles. The van der Waals surface area contributed by atoms with Gasteiger partial charge in [-0.05, 0) is 13.0 Å². The average Bonchev–Trinajstić information content (AvgIpc) is 3.52. The lowest BCUT2D eigenvalue weighted by molar-refractivity contribution is 0.638. The second-order valence-electron chi connectivity index (χ2n) is 6.94. The van der Waals surface area contributed by atoms with Gasteiger partial charge >= 0.3 is 0 Å². The third-order valence-electron chi connectivity index (χ3n) is 4.96. The van der Waals surface area contributed by atoms with Crippen LogP contribution in [0, 0.1) is 12.7 Å². The molecule has 2 N–H and O–H groups in total. The van der Waals surface area contributed by atoms with Crippen molar-refractivity contribution < 1.29 is 4.39 Å². The van der Waals surface area contributed by atoms with E-state index in [1.165, 1.54) is 24.9 Å². The van der Waals surface area contributed by atoms with Gasteiger partial charge in [0.05, 0.1) is 34.8 Å². The number of pyridine rings is 2. The Morgan fingerprint density at radius 1 is 1.03 bits per heavy atom. The van der Waals surface area contributed by atoms with Crippen LogP contribution < -0.4 is 0 Å². The van der Waals surface area contributed by atoms with Gasteiger partial charge in [-0.1, -0.05) is 0 Å². The van der Waals surface area contributed by atoms with E-state index < -0.39 is 5.82 Å². The summed E-state index contributed by atoms with van der Waals surface area (Å²) < 4.78 is 17.4. The summed E-state index contributed by atoms with van der Waals surface area (Å²) in [5.41, 5.74) is 4.25. The second-order valence-corrected chi connectivity index (χ2v) is 6.94. The molecule has 6 aromatic heterocycles. The highest BCUT2D eigenvalue weighted by atomic mass is 19.1. The first-order valence-electron chi connectivity index (χ1n) is 9.33. The van der Waals surface area contributed by atoms with E-state index in [2.05, 4.69) is 45.1 Å². The first-order valence-corrected chi connectivity index (χ1v) is 9.33. The molecule has 0 saturated heterocycles. The molecule has 0 unspecified atom stereocenters. The lowest BCUT2D eigenvalue weighted by Gasteiger charge is -2.03. The molecule has 150 valence electrons. The zero-order valence-corrected chi connectivity index (χ0v) is 16.1. The van der Waals surface area contributed by atoms with Crippen molar-refractivity contribution in [3.05, 3.63) is 61.2 Å². The normalized spacial score (nSPS) is 11.5. The average molecular weight is 412 g/mol. The minimum absolute atomic E-state index is 0.138. The first kappa shape index (κ1) is 17.3. The molecule has 0 aliphatic rings. The molecule has 31 heavy (non-hydrogen) atoms. The van der Waals surface area contributed by atoms with Crippen LogP contribution >= 0.6 is 0 Å². The van der Waals surface area contributed by atoms with Crippen molar-refractivity contribution in [2.45, 2.75) is 6.92 Å². The van der Waals surface area contributed by atoms with Crippen LogP contribution in [0.15, 0.2) is 49.7 Å². The van der Waals surface area contributed by atoms with E-state index >= 15 is 4.39 Å². The number of nitrogens with one attached hydrogen (secondary N) is 2. The van der Waals surface area contributed by atoms with Crippen LogP contribution in [0.25, 0.3) is 50.5 Å². The molecule has 0 aliphatic carbocycles. The summed E-state index contributed by atoms with van der Waals surface area (Å²) in [6.07, 6.45) is 11.2. The van der Waals surface area contributed by atoms with Gasteiger partial charge in [-0.2, -0.15) is 5.10 Å². The zero-order valence-electron chi connectivity index (χ0n) is 16.1. The van der Waals surface area contributed by atoms with Crippen LogP contribution in [0.2, 0.25) is 0 Å². The summed E-state index contributed by atoms with van der Waals surface area (Å²) in [5, 5.41) is 7.38. The molecule has 10 nitrogen and oxygen atoms in total. The number of aromatic amines is 2. The molecule has 6 rings (SSSR count). The molecule has 0 atom stereocenters. The van der Waals surface area contributed by atoms with Crippen LogP contribution in [0.4, 0.5) is 4.39 Å². The van der Waals surface area contributed by atoms with E-state index in [-0.39, 0.29) is 11.1 Å². The molecule has 11 heteroatoms. The monoisotopic (exact) mass is 412 g/mol. The Morgan fingerprint density at radius 3 is 2.71 bits per heavy atom. The fourth-order valence-corrected chi connectivity index (χ4v) is 3.54. The molecule has 0 bridgehead atoms. The van der Waals surface area contributed by atoms with Crippen LogP contribution in [-0.4, -0.2) is 49.7 Å². The number of imidazole rings is 2. The van der Waals surface area contributed by atoms with Crippen molar-refractivity contribution in [2.75, 3.05) is 0 Å². The largest absolute Gasteiger partial charge is 0.321 e. The Hall–Kier alpha value is -4.54. The minimum atomic E-state index is -0.532. The van der Waals surface area contributed by atoms with E-state index in [0.717, 1.165) is 11.4 Å². The van der Waals surface area contributed by atoms with Crippen molar-refractivity contribution in [3.8, 4) is 28.5 Å². The Labute approximate surface area is 173 Å². The maximum Gasteiger partial charge on any atom is 0.161 e. The summed E-state index contributed by atoms with van der Waals surface area (Å²) in [4.78, 5) is 28.5. The number of hydrogen-bond acceptors (Lipinski definition) is 7. The van der Waals surface area contributed by atoms with Crippen molar-refractivity contribution in [1.29, 1.82) is 0 Å². The van der Waals surface area contributed by atoms with Gasteiger partial charge in [-0.15, -0.1) is 0 Å². The van der Waals surface area contributed by atoms with Gasteiger partial charge in [-0.25, -0.2) is 29.3 Å². The Kier molecular flexibility index (Phi) is 3.63. The number of fused-ring (bicyclic) bond motifs is 2. The predicted molar refractivity (Wildman–Crippen MR) is 110 cm³/mol. The van der Waals surface area contributed by atoms with Gasteiger partial charge in [0.25, 0.3) is 0 Å². The van der Waals surface area contributed by atoms with Gasteiger partial charge < -0.3 is 9.55 Å². The summed E-state index contributed by atoms with van der Waals surface area (Å²) in [6.45, 7) is 1.91. The number of H-pyrrole nitrogens is 2. The number of rotatable bonds is 3. The fourth-order valence-electron chi connectivity index (χ4n) is 3.54. The SMILES string of the molecule is Cc1cn(-c2ccnc3[nH]c(-c4n[nH]c5cnc(-c6cncnc6)c(F)c45)nc23)cn1. The summed E-state index contributed by atoms with van der Waals surface area (Å²) in [7, 11) is 0. The third-order valence-corrected chi connectivity index (χ3v) is 4.96. The molecule has 0 saturated carbocycles. The van der Waals surface area contributed by atoms with Crippen LogP contribution in [0.5, 0.6) is 0 Å². The van der Waals surface area contributed by atoms with Gasteiger partial charge in [0.2, 0.25) is 0 Å². The Balaban J connectivity index is 1.56. The topological polar surface area (TPSA) is 127 Å². The van der Waals surface area contributed by atoms with E-state index in [4.69, 9.17) is 0 Å². The maximum absolute atomic E-state index is 15.5. The lowest BCUT2D eigenvalue weighted by Crippen LogP contribution is -1.93. The number of nitrogens with zero attached hydrogens (tertiary/aromatic N) is 8. The van der Waals surface area contributed by atoms with E-state index in [1.807, 2.05) is 23.8 Å². The van der Waals surface area contributed by atoms with Gasteiger partial charge in [0, 0.05) is 30.4 Å². The molecular formula is C20H13FN10. The van der Waals surface area contributed by atoms with Gasteiger partial charge in [0.1, 0.15) is 23.2 Å². The highest BCUT2D eigenvalue weighted by molar-refractivity contribution is 5.95. The number of hydrogen-bond donors (Lipinski definition) is 2. The molecule has 0 spiro atoms. The van der Waals surface area contributed by atoms with Crippen molar-refractivity contribution in [1.82, 2.24) is 49.7 Å². The third kappa shape index (κ3) is 2.67. The smallest absolute Gasteiger partial charge is 0.161 e. The lowest BCUT2D eigenvalue weighted by atomic mass is 10.1. The summed E-state index contributed by atoms with van der Waals surface area (Å²) >= 11 is 0. The molecule has 6 aromatic rings. The number of aromatic nitrogens is 10. The van der Waals surface area contributed by atoms with Crippen molar-refractivity contribution in [3.63, 3.8) is 0 Å². The molecular weight excluding hydrogens is 399 g/mol. The summed E-state index contributed by atoms with van der Waals surface area (Å²) in [5.74, 6) is -0.145. The number of halogens is 1. The second kappa shape index (κ2) is 6.49. The van der Waals surface area contributed by atoms with E-state index in [0.29, 0.717) is 33.8 Å². The molecule has 0 fully saturated rings. The molecule has 0 aromatic carbocycles. The van der Waals surface area contributed by atoms with Gasteiger partial charge in [0.15, 0.2) is 17.3 Å². The Bertz CT molecular complexity index is 1560. The summed E-state index contributed by atoms with van der Waals surface area (Å²) in [6, 6.07) is 1.84. The van der Waals surface area contributed by atoms with Crippen LogP contribution in [0.3, 0.4) is 0 Å². The van der Waals surface area contributed by atoms with Gasteiger partial charge in [-0.3, -0.25) is 10.1 Å².